The molecule has 1 amide bonds. The van der Waals surface area contributed by atoms with Crippen LogP contribution in [0.1, 0.15) is 24.8 Å². The van der Waals surface area contributed by atoms with Crippen LogP contribution >= 0.6 is 0 Å². The number of ether oxygens (including phenoxy) is 2. The van der Waals surface area contributed by atoms with E-state index in [2.05, 4.69) is 4.98 Å². The highest BCUT2D eigenvalue weighted by Crippen LogP contribution is 2.33. The number of carbonyl (C=O) groups is 1. The van der Waals surface area contributed by atoms with E-state index in [1.807, 2.05) is 25.1 Å². The van der Waals surface area contributed by atoms with E-state index in [0.717, 1.165) is 11.3 Å². The average molecular weight is 396 g/mol. The second-order valence-electron chi connectivity index (χ2n) is 6.69. The predicted molar refractivity (Wildman–Crippen MR) is 104 cm³/mol. The Bertz CT molecular complexity index is 1020. The summed E-state index contributed by atoms with van der Waals surface area (Å²) in [5.41, 5.74) is 1.33. The highest BCUT2D eigenvalue weighted by molar-refractivity contribution is 5.76. The van der Waals surface area contributed by atoms with Gasteiger partial charge in [0.05, 0.1) is 11.8 Å². The van der Waals surface area contributed by atoms with Crippen molar-refractivity contribution < 1.29 is 23.1 Å². The second kappa shape index (κ2) is 8.34. The lowest BCUT2D eigenvalue weighted by Gasteiger charge is -2.21. The summed E-state index contributed by atoms with van der Waals surface area (Å²) in [6, 6.07) is 12.0. The molecule has 1 aliphatic heterocycles. The number of oxazole rings is 1. The Hall–Kier alpha value is -3.35. The fraction of sp³-hybridized carbons (Fsp3) is 0.273. The first-order chi connectivity index (χ1) is 14.1. The summed E-state index contributed by atoms with van der Waals surface area (Å²) < 4.78 is 30.2. The topological polar surface area (TPSA) is 64.8 Å². The molecule has 0 spiro atoms. The molecule has 0 N–H and O–H groups in total. The van der Waals surface area contributed by atoms with Gasteiger partial charge in [-0.05, 0) is 36.8 Å². The maximum absolute atomic E-state index is 13.9. The van der Waals surface area contributed by atoms with Crippen LogP contribution in [0, 0.1) is 5.82 Å². The van der Waals surface area contributed by atoms with Crippen LogP contribution in [0.2, 0.25) is 0 Å². The van der Waals surface area contributed by atoms with Crippen molar-refractivity contribution in [2.75, 3.05) is 13.3 Å². The molecule has 7 heteroatoms. The first-order valence-electron chi connectivity index (χ1n) is 9.50. The van der Waals surface area contributed by atoms with Gasteiger partial charge in [0.1, 0.15) is 5.82 Å². The molecule has 0 atom stereocenters. The van der Waals surface area contributed by atoms with Crippen LogP contribution in [0.5, 0.6) is 11.5 Å². The Labute approximate surface area is 167 Å². The molecular formula is C22H21FN2O4. The van der Waals surface area contributed by atoms with Crippen LogP contribution in [0.15, 0.2) is 53.1 Å². The normalized spacial score (nSPS) is 12.2. The zero-order chi connectivity index (χ0) is 20.2. The van der Waals surface area contributed by atoms with E-state index in [-0.39, 0.29) is 24.9 Å². The fourth-order valence-corrected chi connectivity index (χ4v) is 3.22. The van der Waals surface area contributed by atoms with Gasteiger partial charge < -0.3 is 18.8 Å². The van der Waals surface area contributed by atoms with Gasteiger partial charge in [0.25, 0.3) is 0 Å². The van der Waals surface area contributed by atoms with Gasteiger partial charge in [0.2, 0.25) is 12.7 Å². The molecule has 1 aromatic heterocycles. The molecule has 29 heavy (non-hydrogen) atoms. The van der Waals surface area contributed by atoms with Crippen LogP contribution in [0.3, 0.4) is 0 Å². The summed E-state index contributed by atoms with van der Waals surface area (Å²) in [6.07, 6.45) is 2.10. The number of nitrogens with zero attached hydrogens (tertiary/aromatic N) is 2. The first kappa shape index (κ1) is 19.0. The van der Waals surface area contributed by atoms with E-state index < -0.39 is 0 Å². The molecule has 0 bridgehead atoms. The van der Waals surface area contributed by atoms with Gasteiger partial charge in [0.15, 0.2) is 23.1 Å². The lowest BCUT2D eigenvalue weighted by Crippen LogP contribution is -2.30. The number of carbonyl (C=O) groups excluding carboxylic acids is 1. The fourth-order valence-electron chi connectivity index (χ4n) is 3.22. The van der Waals surface area contributed by atoms with Crippen molar-refractivity contribution in [3.8, 4) is 22.8 Å². The molecule has 0 aliphatic carbocycles. The molecule has 3 aromatic rings. The largest absolute Gasteiger partial charge is 0.454 e. The number of aromatic nitrogens is 1. The molecule has 0 saturated carbocycles. The molecule has 0 unspecified atom stereocenters. The van der Waals surface area contributed by atoms with Gasteiger partial charge in [-0.2, -0.15) is 0 Å². The van der Waals surface area contributed by atoms with Crippen LogP contribution < -0.4 is 9.47 Å². The SMILES string of the molecule is CCN(Cc1ccc2c(c1)OCO2)C(=O)CCc1ncc(-c2ccccc2F)o1. The van der Waals surface area contributed by atoms with Crippen molar-refractivity contribution in [3.63, 3.8) is 0 Å². The van der Waals surface area contributed by atoms with E-state index in [1.165, 1.54) is 12.3 Å². The highest BCUT2D eigenvalue weighted by atomic mass is 19.1. The summed E-state index contributed by atoms with van der Waals surface area (Å²) in [5, 5.41) is 0. The molecular weight excluding hydrogens is 375 g/mol. The summed E-state index contributed by atoms with van der Waals surface area (Å²) in [5.74, 6) is 1.82. The van der Waals surface area contributed by atoms with E-state index in [4.69, 9.17) is 13.9 Å². The third-order valence-electron chi connectivity index (χ3n) is 4.79. The number of benzene rings is 2. The number of halogens is 1. The zero-order valence-corrected chi connectivity index (χ0v) is 16.1. The van der Waals surface area contributed by atoms with Crippen molar-refractivity contribution in [2.24, 2.45) is 0 Å². The quantitative estimate of drug-likeness (QED) is 0.599. The van der Waals surface area contributed by atoms with Crippen molar-refractivity contribution in [1.82, 2.24) is 9.88 Å². The van der Waals surface area contributed by atoms with E-state index in [9.17, 15) is 9.18 Å². The maximum atomic E-state index is 13.9. The van der Waals surface area contributed by atoms with Crippen LogP contribution in [0.25, 0.3) is 11.3 Å². The molecule has 2 aromatic carbocycles. The molecule has 2 heterocycles. The third-order valence-corrected chi connectivity index (χ3v) is 4.79. The number of amides is 1. The van der Waals surface area contributed by atoms with Crippen molar-refractivity contribution in [2.45, 2.75) is 26.3 Å². The average Bonchev–Trinajstić information content (AvgIpc) is 3.39. The lowest BCUT2D eigenvalue weighted by atomic mass is 10.1. The lowest BCUT2D eigenvalue weighted by molar-refractivity contribution is -0.131. The van der Waals surface area contributed by atoms with Crippen LogP contribution in [0.4, 0.5) is 4.39 Å². The second-order valence-corrected chi connectivity index (χ2v) is 6.69. The number of fused-ring (bicyclic) bond motifs is 1. The minimum atomic E-state index is -0.368. The molecule has 4 rings (SSSR count). The van der Waals surface area contributed by atoms with Gasteiger partial charge in [-0.15, -0.1) is 0 Å². The molecule has 6 nitrogen and oxygen atoms in total. The Morgan fingerprint density at radius 3 is 2.83 bits per heavy atom. The van der Waals surface area contributed by atoms with Crippen LogP contribution in [-0.2, 0) is 17.8 Å². The molecule has 1 aliphatic rings. The standard InChI is InChI=1S/C22H21FN2O4/c1-2-25(13-15-7-8-18-19(11-15)28-14-27-18)22(26)10-9-21-24-12-20(29-21)16-5-3-4-6-17(16)23/h3-8,11-12H,2,9-10,13-14H2,1H3. The third kappa shape index (κ3) is 4.23. The number of rotatable bonds is 7. The van der Waals surface area contributed by atoms with Crippen LogP contribution in [-0.4, -0.2) is 29.1 Å². The number of hydrogen-bond donors (Lipinski definition) is 0. The summed E-state index contributed by atoms with van der Waals surface area (Å²) in [7, 11) is 0. The van der Waals surface area contributed by atoms with Gasteiger partial charge in [-0.25, -0.2) is 9.37 Å². The van der Waals surface area contributed by atoms with Crippen molar-refractivity contribution in [1.29, 1.82) is 0 Å². The molecule has 0 fully saturated rings. The molecule has 0 radical (unpaired) electrons. The van der Waals surface area contributed by atoms with E-state index >= 15 is 0 Å². The van der Waals surface area contributed by atoms with E-state index in [1.54, 1.807) is 23.1 Å². The highest BCUT2D eigenvalue weighted by Gasteiger charge is 2.18. The smallest absolute Gasteiger partial charge is 0.231 e. The Morgan fingerprint density at radius 1 is 1.17 bits per heavy atom. The zero-order valence-electron chi connectivity index (χ0n) is 16.1. The van der Waals surface area contributed by atoms with Gasteiger partial charge in [-0.3, -0.25) is 4.79 Å². The minimum absolute atomic E-state index is 0.00388. The van der Waals surface area contributed by atoms with Gasteiger partial charge in [0, 0.05) is 25.9 Å². The monoisotopic (exact) mass is 396 g/mol. The molecule has 0 saturated heterocycles. The number of aryl methyl sites for hydroxylation is 1. The Kier molecular flexibility index (Phi) is 5.46. The first-order valence-corrected chi connectivity index (χ1v) is 9.50. The van der Waals surface area contributed by atoms with Gasteiger partial charge in [-0.1, -0.05) is 18.2 Å². The minimum Gasteiger partial charge on any atom is -0.454 e. The molecule has 150 valence electrons. The summed E-state index contributed by atoms with van der Waals surface area (Å²) in [6.45, 7) is 3.23. The van der Waals surface area contributed by atoms with Gasteiger partial charge >= 0.3 is 0 Å². The Morgan fingerprint density at radius 2 is 2.00 bits per heavy atom. The summed E-state index contributed by atoms with van der Waals surface area (Å²) in [4.78, 5) is 18.6. The number of hydrogen-bond acceptors (Lipinski definition) is 5. The Balaban J connectivity index is 1.36. The maximum Gasteiger partial charge on any atom is 0.231 e. The van der Waals surface area contributed by atoms with Crippen molar-refractivity contribution >= 4 is 5.91 Å². The van der Waals surface area contributed by atoms with Crippen molar-refractivity contribution in [3.05, 3.63) is 65.9 Å². The predicted octanol–water partition coefficient (Wildman–Crippen LogP) is 4.19. The van der Waals surface area contributed by atoms with E-state index in [0.29, 0.717) is 42.5 Å². The summed E-state index contributed by atoms with van der Waals surface area (Å²) >= 11 is 0.